The van der Waals surface area contributed by atoms with Gasteiger partial charge < -0.3 is 4.74 Å². The highest BCUT2D eigenvalue weighted by Crippen LogP contribution is 2.19. The SMILES string of the molecule is CCC(C)C(C)CCCOC(=O)c1cccc(C)c1. The zero-order valence-electron chi connectivity index (χ0n) is 12.6. The lowest BCUT2D eigenvalue weighted by molar-refractivity contribution is 0.0491. The molecule has 0 spiro atoms. The van der Waals surface area contributed by atoms with E-state index < -0.39 is 0 Å². The average Bonchev–Trinajstić information content (AvgIpc) is 2.42. The van der Waals surface area contributed by atoms with Crippen LogP contribution in [-0.4, -0.2) is 12.6 Å². The summed E-state index contributed by atoms with van der Waals surface area (Å²) in [6, 6.07) is 7.53. The summed E-state index contributed by atoms with van der Waals surface area (Å²) in [5.41, 5.74) is 1.73. The van der Waals surface area contributed by atoms with Crippen LogP contribution in [0.4, 0.5) is 0 Å². The Morgan fingerprint density at radius 3 is 2.63 bits per heavy atom. The quantitative estimate of drug-likeness (QED) is 0.529. The van der Waals surface area contributed by atoms with Gasteiger partial charge in [0.25, 0.3) is 0 Å². The molecule has 2 unspecified atom stereocenters. The third-order valence-corrected chi connectivity index (χ3v) is 3.91. The lowest BCUT2D eigenvalue weighted by atomic mass is 9.90. The fraction of sp³-hybridized carbons (Fsp3) is 0.588. The fourth-order valence-corrected chi connectivity index (χ4v) is 2.11. The summed E-state index contributed by atoms with van der Waals surface area (Å²) in [7, 11) is 0. The van der Waals surface area contributed by atoms with Crippen molar-refractivity contribution in [2.45, 2.75) is 47.0 Å². The predicted molar refractivity (Wildman–Crippen MR) is 79.3 cm³/mol. The van der Waals surface area contributed by atoms with Crippen LogP contribution in [0.3, 0.4) is 0 Å². The van der Waals surface area contributed by atoms with E-state index in [1.165, 1.54) is 6.42 Å². The average molecular weight is 262 g/mol. The van der Waals surface area contributed by atoms with Crippen molar-refractivity contribution in [3.8, 4) is 0 Å². The van der Waals surface area contributed by atoms with Gasteiger partial charge in [-0.1, -0.05) is 44.9 Å². The number of carbonyl (C=O) groups excluding carboxylic acids is 1. The number of carbonyl (C=O) groups is 1. The third kappa shape index (κ3) is 5.46. The first-order valence-electron chi connectivity index (χ1n) is 7.28. The minimum Gasteiger partial charge on any atom is -0.462 e. The van der Waals surface area contributed by atoms with Gasteiger partial charge in [0.05, 0.1) is 12.2 Å². The normalized spacial score (nSPS) is 13.9. The molecule has 0 aliphatic heterocycles. The second-order valence-corrected chi connectivity index (χ2v) is 5.51. The Kier molecular flexibility index (Phi) is 6.61. The molecule has 2 nitrogen and oxygen atoms in total. The van der Waals surface area contributed by atoms with Gasteiger partial charge in [0.2, 0.25) is 0 Å². The van der Waals surface area contributed by atoms with E-state index in [4.69, 9.17) is 4.74 Å². The first-order chi connectivity index (χ1) is 9.04. The molecule has 0 aliphatic rings. The van der Waals surface area contributed by atoms with Crippen LogP contribution in [0, 0.1) is 18.8 Å². The number of rotatable bonds is 7. The number of ether oxygens (including phenoxy) is 1. The van der Waals surface area contributed by atoms with Crippen molar-refractivity contribution in [3.63, 3.8) is 0 Å². The van der Waals surface area contributed by atoms with Gasteiger partial charge >= 0.3 is 5.97 Å². The molecular formula is C17H26O2. The second kappa shape index (κ2) is 7.98. The van der Waals surface area contributed by atoms with Crippen LogP contribution in [0.15, 0.2) is 24.3 Å². The summed E-state index contributed by atoms with van der Waals surface area (Å²) >= 11 is 0. The minimum atomic E-state index is -0.208. The highest BCUT2D eigenvalue weighted by Gasteiger charge is 2.11. The van der Waals surface area contributed by atoms with Gasteiger partial charge in [-0.2, -0.15) is 0 Å². The third-order valence-electron chi connectivity index (χ3n) is 3.91. The molecule has 1 aromatic carbocycles. The van der Waals surface area contributed by atoms with Crippen LogP contribution < -0.4 is 0 Å². The molecular weight excluding hydrogens is 236 g/mol. The molecule has 2 heteroatoms. The minimum absolute atomic E-state index is 0.208. The van der Waals surface area contributed by atoms with Crippen molar-refractivity contribution in [3.05, 3.63) is 35.4 Å². The largest absolute Gasteiger partial charge is 0.462 e. The van der Waals surface area contributed by atoms with Crippen LogP contribution in [-0.2, 0) is 4.74 Å². The number of hydrogen-bond acceptors (Lipinski definition) is 2. The summed E-state index contributed by atoms with van der Waals surface area (Å²) in [6.07, 6.45) is 3.28. The maximum Gasteiger partial charge on any atom is 0.338 e. The summed E-state index contributed by atoms with van der Waals surface area (Å²) in [6.45, 7) is 9.27. The number of aryl methyl sites for hydroxylation is 1. The molecule has 0 bridgehead atoms. The van der Waals surface area contributed by atoms with Crippen LogP contribution in [0.25, 0.3) is 0 Å². The van der Waals surface area contributed by atoms with Gasteiger partial charge in [-0.25, -0.2) is 4.79 Å². The van der Waals surface area contributed by atoms with Crippen molar-refractivity contribution in [1.82, 2.24) is 0 Å². The molecule has 0 heterocycles. The molecule has 0 saturated carbocycles. The van der Waals surface area contributed by atoms with Crippen LogP contribution in [0.5, 0.6) is 0 Å². The van der Waals surface area contributed by atoms with Crippen molar-refractivity contribution in [2.24, 2.45) is 11.8 Å². The molecule has 0 N–H and O–H groups in total. The topological polar surface area (TPSA) is 26.3 Å². The van der Waals surface area contributed by atoms with E-state index in [2.05, 4.69) is 20.8 Å². The summed E-state index contributed by atoms with van der Waals surface area (Å²) in [5, 5.41) is 0. The first-order valence-corrected chi connectivity index (χ1v) is 7.28. The molecule has 1 rings (SSSR count). The molecule has 0 saturated heterocycles. The van der Waals surface area contributed by atoms with E-state index in [1.807, 2.05) is 25.1 Å². The first kappa shape index (κ1) is 15.7. The van der Waals surface area contributed by atoms with Gasteiger partial charge in [0.15, 0.2) is 0 Å². The van der Waals surface area contributed by atoms with Crippen molar-refractivity contribution >= 4 is 5.97 Å². The molecule has 2 atom stereocenters. The van der Waals surface area contributed by atoms with Gasteiger partial charge in [-0.15, -0.1) is 0 Å². The standard InChI is InChI=1S/C17H26O2/c1-5-14(3)15(4)9-7-11-19-17(18)16-10-6-8-13(2)12-16/h6,8,10,12,14-15H,5,7,9,11H2,1-4H3. The zero-order valence-corrected chi connectivity index (χ0v) is 12.6. The monoisotopic (exact) mass is 262 g/mol. The van der Waals surface area contributed by atoms with Crippen LogP contribution in [0.1, 0.15) is 56.0 Å². The molecule has 19 heavy (non-hydrogen) atoms. The van der Waals surface area contributed by atoms with Crippen LogP contribution >= 0.6 is 0 Å². The molecule has 0 radical (unpaired) electrons. The Balaban J connectivity index is 2.28. The summed E-state index contributed by atoms with van der Waals surface area (Å²) in [4.78, 5) is 11.8. The van der Waals surface area contributed by atoms with Gasteiger partial charge in [-0.3, -0.25) is 0 Å². The number of esters is 1. The maximum absolute atomic E-state index is 11.8. The maximum atomic E-state index is 11.8. The van der Waals surface area contributed by atoms with E-state index in [-0.39, 0.29) is 5.97 Å². The molecule has 0 aromatic heterocycles. The van der Waals surface area contributed by atoms with Gasteiger partial charge in [-0.05, 0) is 43.7 Å². The molecule has 0 fully saturated rings. The predicted octanol–water partition coefficient (Wildman–Crippen LogP) is 4.61. The number of hydrogen-bond donors (Lipinski definition) is 0. The molecule has 0 aliphatic carbocycles. The summed E-state index contributed by atoms with van der Waals surface area (Å²) in [5.74, 6) is 1.23. The van der Waals surface area contributed by atoms with Crippen molar-refractivity contribution in [1.29, 1.82) is 0 Å². The van der Waals surface area contributed by atoms with Gasteiger partial charge in [0, 0.05) is 0 Å². The lowest BCUT2D eigenvalue weighted by Crippen LogP contribution is -2.10. The van der Waals surface area contributed by atoms with E-state index >= 15 is 0 Å². The highest BCUT2D eigenvalue weighted by atomic mass is 16.5. The second-order valence-electron chi connectivity index (χ2n) is 5.51. The fourth-order valence-electron chi connectivity index (χ4n) is 2.11. The molecule has 0 amide bonds. The van der Waals surface area contributed by atoms with Gasteiger partial charge in [0.1, 0.15) is 0 Å². The lowest BCUT2D eigenvalue weighted by Gasteiger charge is -2.17. The van der Waals surface area contributed by atoms with E-state index in [0.717, 1.165) is 24.3 Å². The van der Waals surface area contributed by atoms with Crippen molar-refractivity contribution in [2.75, 3.05) is 6.61 Å². The van der Waals surface area contributed by atoms with E-state index in [0.29, 0.717) is 18.1 Å². The zero-order chi connectivity index (χ0) is 14.3. The van der Waals surface area contributed by atoms with E-state index in [1.54, 1.807) is 6.07 Å². The van der Waals surface area contributed by atoms with Crippen molar-refractivity contribution < 1.29 is 9.53 Å². The molecule has 1 aromatic rings. The molecule has 106 valence electrons. The van der Waals surface area contributed by atoms with E-state index in [9.17, 15) is 4.79 Å². The Morgan fingerprint density at radius 2 is 2.00 bits per heavy atom. The Bertz CT molecular complexity index is 398. The smallest absolute Gasteiger partial charge is 0.338 e. The Labute approximate surface area is 117 Å². The number of benzene rings is 1. The summed E-state index contributed by atoms with van der Waals surface area (Å²) < 4.78 is 5.31. The Hall–Kier alpha value is -1.31. The Morgan fingerprint density at radius 1 is 1.26 bits per heavy atom. The van der Waals surface area contributed by atoms with Crippen LogP contribution in [0.2, 0.25) is 0 Å². The highest BCUT2D eigenvalue weighted by molar-refractivity contribution is 5.89.